The molecule has 0 bridgehead atoms. The van der Waals surface area contributed by atoms with Crippen LogP contribution in [0.1, 0.15) is 69.2 Å². The standard InChI is InChI=1S/C25H48N4S12/c1-11-26(12-2)20(30)35-34-19-24(9,10)25(39-36-21(31)27(13-3)14-4,40-37-22(32)28(15-5)16-6)41-38-23(33)29(17-7)18-8/h11-19H2,1-10H3. The Hall–Kier alpha value is 2.36. The third-order valence-corrected chi connectivity index (χ3v) is 23.6. The Labute approximate surface area is 305 Å². The van der Waals surface area contributed by atoms with Crippen LogP contribution in [0, 0.1) is 5.41 Å². The van der Waals surface area contributed by atoms with Crippen LogP contribution in [0.3, 0.4) is 0 Å². The number of nitrogens with zero attached hydrogens (tertiary/aromatic N) is 4. The predicted molar refractivity (Wildman–Crippen MR) is 224 cm³/mol. The lowest BCUT2D eigenvalue weighted by Gasteiger charge is -2.44. The van der Waals surface area contributed by atoms with Crippen LogP contribution in [0.4, 0.5) is 0 Å². The number of hydrogen-bond acceptors (Lipinski definition) is 12. The van der Waals surface area contributed by atoms with Gasteiger partial charge >= 0.3 is 0 Å². The molecule has 41 heavy (non-hydrogen) atoms. The normalized spacial score (nSPS) is 11.8. The molecule has 0 heterocycles. The first-order valence-electron chi connectivity index (χ1n) is 13.9. The largest absolute Gasteiger partial charge is 0.357 e. The Kier molecular flexibility index (Phi) is 25.0. The molecular weight excluding hydrogens is 741 g/mol. The highest BCUT2D eigenvalue weighted by Gasteiger charge is 2.50. The second-order valence-corrected chi connectivity index (χ2v) is 21.7. The van der Waals surface area contributed by atoms with E-state index in [4.69, 9.17) is 48.9 Å². The topological polar surface area (TPSA) is 13.0 Å². The zero-order valence-electron chi connectivity index (χ0n) is 26.1. The monoisotopic (exact) mass is 788 g/mol. The van der Waals surface area contributed by atoms with Gasteiger partial charge in [0.25, 0.3) is 0 Å². The average Bonchev–Trinajstić information content (AvgIpc) is 2.95. The van der Waals surface area contributed by atoms with Gasteiger partial charge in [0.05, 0.1) is 0 Å². The maximum Gasteiger partial charge on any atom is 0.147 e. The van der Waals surface area contributed by atoms with Gasteiger partial charge in [0, 0.05) is 63.5 Å². The molecule has 0 unspecified atom stereocenters. The van der Waals surface area contributed by atoms with Crippen LogP contribution in [-0.2, 0) is 0 Å². The smallest absolute Gasteiger partial charge is 0.147 e. The third-order valence-electron chi connectivity index (χ3n) is 6.13. The number of rotatable bonds is 18. The minimum Gasteiger partial charge on any atom is -0.357 e. The molecule has 0 aromatic carbocycles. The highest BCUT2D eigenvalue weighted by molar-refractivity contribution is 8.99. The van der Waals surface area contributed by atoms with Gasteiger partial charge in [-0.15, -0.1) is 0 Å². The van der Waals surface area contributed by atoms with Crippen LogP contribution in [0.25, 0.3) is 0 Å². The summed E-state index contributed by atoms with van der Waals surface area (Å²) in [4.78, 5) is 8.97. The number of thiocarbonyl (C=S) groups is 4. The lowest BCUT2D eigenvalue weighted by atomic mass is 9.99. The highest BCUT2D eigenvalue weighted by Crippen LogP contribution is 2.68. The van der Waals surface area contributed by atoms with Gasteiger partial charge in [0.2, 0.25) is 0 Å². The molecule has 0 spiro atoms. The highest BCUT2D eigenvalue weighted by atomic mass is 33.2. The van der Waals surface area contributed by atoms with Gasteiger partial charge < -0.3 is 19.6 Å². The van der Waals surface area contributed by atoms with Crippen molar-refractivity contribution in [2.75, 3.05) is 58.1 Å². The van der Waals surface area contributed by atoms with Crippen molar-refractivity contribution in [3.8, 4) is 0 Å². The molecule has 0 saturated heterocycles. The van der Waals surface area contributed by atoms with E-state index in [0.29, 0.717) is 0 Å². The average molecular weight is 789 g/mol. The van der Waals surface area contributed by atoms with Crippen molar-refractivity contribution < 1.29 is 0 Å². The lowest BCUT2D eigenvalue weighted by Crippen LogP contribution is -2.38. The third kappa shape index (κ3) is 14.8. The van der Waals surface area contributed by atoms with E-state index >= 15 is 0 Å². The van der Waals surface area contributed by atoms with Crippen molar-refractivity contribution in [1.29, 1.82) is 0 Å². The maximum atomic E-state index is 5.91. The molecule has 0 aliphatic rings. The fourth-order valence-electron chi connectivity index (χ4n) is 3.11. The Bertz CT molecular complexity index is 728. The minimum atomic E-state index is -0.330. The van der Waals surface area contributed by atoms with Gasteiger partial charge in [-0.1, -0.05) is 106 Å². The fraction of sp³-hybridized carbons (Fsp3) is 0.840. The molecule has 0 saturated carbocycles. The van der Waals surface area contributed by atoms with Crippen molar-refractivity contribution in [2.45, 2.75) is 72.6 Å². The molecule has 0 N–H and O–H groups in total. The predicted octanol–water partition coefficient (Wildman–Crippen LogP) is 10.7. The van der Waals surface area contributed by atoms with Crippen molar-refractivity contribution >= 4 is 153 Å². The van der Waals surface area contributed by atoms with Crippen LogP contribution in [0.15, 0.2) is 0 Å². The minimum absolute atomic E-state index is 0.146. The summed E-state index contributed by atoms with van der Waals surface area (Å²) in [6.45, 7) is 29.2. The Balaban J connectivity index is 6.37. The van der Waals surface area contributed by atoms with E-state index < -0.39 is 0 Å². The molecule has 0 atom stereocenters. The first kappa shape index (κ1) is 43.4. The molecule has 0 fully saturated rings. The quantitative estimate of drug-likeness (QED) is 0.0742. The molecule has 16 heteroatoms. The first-order valence-corrected chi connectivity index (χ1v) is 24.3. The van der Waals surface area contributed by atoms with E-state index in [-0.39, 0.29) is 8.83 Å². The zero-order chi connectivity index (χ0) is 31.6. The maximum absolute atomic E-state index is 5.91. The number of hydrogen-bond donors (Lipinski definition) is 0. The first-order chi connectivity index (χ1) is 19.4. The molecule has 0 rings (SSSR count). The molecule has 0 aliphatic carbocycles. The summed E-state index contributed by atoms with van der Waals surface area (Å²) in [5.41, 5.74) is -0.146. The summed E-state index contributed by atoms with van der Waals surface area (Å²) in [5.74, 6) is 0.905. The van der Waals surface area contributed by atoms with Crippen molar-refractivity contribution in [1.82, 2.24) is 19.6 Å². The Morgan fingerprint density at radius 1 is 0.463 bits per heavy atom. The molecule has 0 amide bonds. The van der Waals surface area contributed by atoms with E-state index in [1.54, 1.807) is 43.2 Å². The molecule has 0 aromatic heterocycles. The second kappa shape index (κ2) is 23.6. The van der Waals surface area contributed by atoms with Gasteiger partial charge in [0.1, 0.15) is 20.7 Å². The van der Waals surface area contributed by atoms with Gasteiger partial charge in [-0.2, -0.15) is 0 Å². The van der Waals surface area contributed by atoms with Crippen LogP contribution >= 0.6 is 135 Å². The summed E-state index contributed by atoms with van der Waals surface area (Å²) < 4.78 is 3.36. The fourth-order valence-corrected chi connectivity index (χ4v) is 20.8. The van der Waals surface area contributed by atoms with E-state index in [9.17, 15) is 0 Å². The molecule has 4 nitrogen and oxygen atoms in total. The molecule has 240 valence electrons. The van der Waals surface area contributed by atoms with Crippen molar-refractivity contribution in [3.05, 3.63) is 0 Å². The second-order valence-electron chi connectivity index (χ2n) is 9.04. The molecule has 0 radical (unpaired) electrons. The van der Waals surface area contributed by atoms with Gasteiger partial charge in [0.15, 0.2) is 0 Å². The Morgan fingerprint density at radius 3 is 0.951 bits per heavy atom. The van der Waals surface area contributed by atoms with Gasteiger partial charge in [-0.3, -0.25) is 0 Å². The molecule has 0 aliphatic heterocycles. The van der Waals surface area contributed by atoms with Crippen molar-refractivity contribution in [3.63, 3.8) is 0 Å². The van der Waals surface area contributed by atoms with Crippen LogP contribution in [0.5, 0.6) is 0 Å². The lowest BCUT2D eigenvalue weighted by molar-refractivity contribution is 0.454. The van der Waals surface area contributed by atoms with Crippen LogP contribution in [-0.4, -0.2) is 98.4 Å². The van der Waals surface area contributed by atoms with Crippen molar-refractivity contribution in [2.24, 2.45) is 5.41 Å². The summed E-state index contributed by atoms with van der Waals surface area (Å²) in [6, 6.07) is 0. The van der Waals surface area contributed by atoms with Gasteiger partial charge in [-0.25, -0.2) is 0 Å². The summed E-state index contributed by atoms with van der Waals surface area (Å²) >= 11 is 23.5. The van der Waals surface area contributed by atoms with E-state index in [2.05, 4.69) is 88.8 Å². The van der Waals surface area contributed by atoms with E-state index in [1.165, 1.54) is 0 Å². The van der Waals surface area contributed by atoms with Gasteiger partial charge in [-0.05, 0) is 98.6 Å². The summed E-state index contributed by atoms with van der Waals surface area (Å²) in [6.07, 6.45) is 0. The summed E-state index contributed by atoms with van der Waals surface area (Å²) in [7, 11) is 14.2. The van der Waals surface area contributed by atoms with E-state index in [0.717, 1.165) is 75.4 Å². The SMILES string of the molecule is CCN(CC)C(=S)SSCC(C)(C)C(SSC(=S)N(CC)CC)(SSC(=S)N(CC)CC)SSC(=S)N(CC)CC. The van der Waals surface area contributed by atoms with E-state index in [1.807, 2.05) is 43.2 Å². The summed E-state index contributed by atoms with van der Waals surface area (Å²) in [5, 5.41) is 0. The molecule has 0 aromatic rings. The Morgan fingerprint density at radius 2 is 0.707 bits per heavy atom. The van der Waals surface area contributed by atoms with Crippen LogP contribution < -0.4 is 0 Å². The zero-order valence-corrected chi connectivity index (χ0v) is 35.8. The molecular formula is C25H48N4S12. The van der Waals surface area contributed by atoms with Crippen LogP contribution in [0.2, 0.25) is 0 Å².